The first-order valence-corrected chi connectivity index (χ1v) is 15.8. The fourth-order valence-electron chi connectivity index (χ4n) is 6.47. The predicted octanol–water partition coefficient (Wildman–Crippen LogP) is 5.54. The van der Waals surface area contributed by atoms with Crippen molar-refractivity contribution in [3.63, 3.8) is 0 Å². The predicted molar refractivity (Wildman–Crippen MR) is 174 cm³/mol. The number of nitrogens with one attached hydrogen (secondary N) is 1. The van der Waals surface area contributed by atoms with E-state index in [0.717, 1.165) is 32.1 Å². The lowest BCUT2D eigenvalue weighted by molar-refractivity contribution is -0.155. The minimum atomic E-state index is -0.818. The number of aromatic nitrogens is 2. The molecule has 0 bridgehead atoms. The number of nitrogens with zero attached hydrogens (tertiary/aromatic N) is 1. The van der Waals surface area contributed by atoms with Crippen LogP contribution in [0.1, 0.15) is 63.3 Å². The van der Waals surface area contributed by atoms with E-state index in [4.69, 9.17) is 18.9 Å². The molecule has 3 atom stereocenters. The molecule has 1 fully saturated rings. The Morgan fingerprint density at radius 1 is 0.870 bits per heavy atom. The van der Waals surface area contributed by atoms with Crippen LogP contribution in [0.3, 0.4) is 0 Å². The van der Waals surface area contributed by atoms with Crippen molar-refractivity contribution in [3.05, 3.63) is 92.8 Å². The highest BCUT2D eigenvalue weighted by Crippen LogP contribution is 2.36. The number of ether oxygens (including phenoxy) is 4. The minimum Gasteiger partial charge on any atom is -0.463 e. The van der Waals surface area contributed by atoms with Crippen LogP contribution in [0.4, 0.5) is 0 Å². The van der Waals surface area contributed by atoms with Gasteiger partial charge in [0, 0.05) is 33.1 Å². The Bertz CT molecular complexity index is 1960. The van der Waals surface area contributed by atoms with Crippen molar-refractivity contribution in [1.29, 1.82) is 0 Å². The first-order chi connectivity index (χ1) is 22.3. The van der Waals surface area contributed by atoms with Gasteiger partial charge in [0.2, 0.25) is 0 Å². The topological polar surface area (TPSA) is 126 Å². The van der Waals surface area contributed by atoms with Crippen LogP contribution in [-0.4, -0.2) is 46.9 Å². The van der Waals surface area contributed by atoms with Crippen molar-refractivity contribution < 1.29 is 28.5 Å². The summed E-state index contributed by atoms with van der Waals surface area (Å²) in [5, 5.41) is 7.86. The Labute approximate surface area is 265 Å². The van der Waals surface area contributed by atoms with E-state index in [0.29, 0.717) is 6.61 Å². The first kappa shape index (κ1) is 31.4. The molecule has 2 heterocycles. The van der Waals surface area contributed by atoms with Gasteiger partial charge in [-0.25, -0.2) is 4.79 Å². The van der Waals surface area contributed by atoms with Gasteiger partial charge in [-0.1, -0.05) is 67.4 Å². The average molecular weight is 627 g/mol. The van der Waals surface area contributed by atoms with Crippen LogP contribution < -0.4 is 11.2 Å². The number of rotatable bonds is 13. The molecule has 1 aliphatic heterocycles. The lowest BCUT2D eigenvalue weighted by Gasteiger charge is -2.17. The van der Waals surface area contributed by atoms with Gasteiger partial charge in [0.05, 0.1) is 12.2 Å². The van der Waals surface area contributed by atoms with Crippen molar-refractivity contribution in [2.24, 2.45) is 0 Å². The molecule has 1 aliphatic rings. The molecule has 2 unspecified atom stereocenters. The second-order valence-electron chi connectivity index (χ2n) is 11.9. The molecule has 0 aliphatic carbocycles. The quantitative estimate of drug-likeness (QED) is 0.103. The Morgan fingerprint density at radius 2 is 1.59 bits per heavy atom. The molecule has 46 heavy (non-hydrogen) atoms. The molecule has 10 heteroatoms. The highest BCUT2D eigenvalue weighted by Gasteiger charge is 2.39. The van der Waals surface area contributed by atoms with Gasteiger partial charge in [0.1, 0.15) is 25.0 Å². The number of benzene rings is 4. The largest absolute Gasteiger partial charge is 0.463 e. The zero-order valence-electron chi connectivity index (χ0n) is 26.1. The zero-order valence-corrected chi connectivity index (χ0v) is 26.1. The second kappa shape index (κ2) is 13.8. The molecule has 1 N–H and O–H groups in total. The van der Waals surface area contributed by atoms with E-state index in [-0.39, 0.29) is 25.2 Å². The monoisotopic (exact) mass is 626 g/mol. The third kappa shape index (κ3) is 6.83. The van der Waals surface area contributed by atoms with Crippen molar-refractivity contribution in [2.45, 2.75) is 77.4 Å². The molecule has 6 rings (SSSR count). The van der Waals surface area contributed by atoms with Gasteiger partial charge in [-0.15, -0.1) is 0 Å². The van der Waals surface area contributed by atoms with Crippen LogP contribution in [0, 0.1) is 0 Å². The molecular formula is C36H38N2O8. The molecule has 1 aromatic heterocycles. The summed E-state index contributed by atoms with van der Waals surface area (Å²) in [7, 11) is 0. The molecule has 4 aromatic carbocycles. The molecule has 0 spiro atoms. The summed E-state index contributed by atoms with van der Waals surface area (Å²) >= 11 is 0. The van der Waals surface area contributed by atoms with Crippen molar-refractivity contribution in [3.8, 4) is 0 Å². The van der Waals surface area contributed by atoms with Gasteiger partial charge in [-0.3, -0.25) is 23.9 Å². The average Bonchev–Trinajstić information content (AvgIpc) is 3.42. The van der Waals surface area contributed by atoms with E-state index in [1.165, 1.54) is 62.5 Å². The van der Waals surface area contributed by atoms with E-state index in [2.05, 4.69) is 59.6 Å². The van der Waals surface area contributed by atoms with E-state index in [1.807, 2.05) is 0 Å². The number of unbranched alkanes of at least 4 members (excludes halogenated alkanes) is 3. The minimum absolute atomic E-state index is 0.0370. The summed E-state index contributed by atoms with van der Waals surface area (Å²) in [6.45, 7) is 2.93. The van der Waals surface area contributed by atoms with Crippen molar-refractivity contribution in [1.82, 2.24) is 9.55 Å². The Hall–Kier alpha value is -4.54. The summed E-state index contributed by atoms with van der Waals surface area (Å²) in [6.07, 6.45) is 4.29. The Balaban J connectivity index is 0.991. The molecule has 5 aromatic rings. The first-order valence-electron chi connectivity index (χ1n) is 15.8. The standard InChI is InChI=1S/C36H38N2O8/c1-22(39)44-21-31-30(45-23(2)40)18-32(46-31)38-19-28(35(41)37-36(38)42)20-43-17-6-4-3-5-8-24-11-12-27-14-13-25-9-7-10-26-15-16-29(24)34(27)33(25)26/h7,9-16,19,30-32H,3-6,8,17-18,20-21H2,1-2H3,(H,37,41,42)/t30-,31?,32?/m0/s1. The number of esters is 2. The Morgan fingerprint density at radius 3 is 2.35 bits per heavy atom. The number of hydrogen-bond acceptors (Lipinski definition) is 8. The summed E-state index contributed by atoms with van der Waals surface area (Å²) < 4.78 is 23.3. The van der Waals surface area contributed by atoms with Gasteiger partial charge in [-0.05, 0) is 57.1 Å². The van der Waals surface area contributed by atoms with E-state index in [9.17, 15) is 19.2 Å². The fraction of sp³-hybridized carbons (Fsp3) is 0.389. The third-order valence-electron chi connectivity index (χ3n) is 8.66. The van der Waals surface area contributed by atoms with Crippen LogP contribution in [0.2, 0.25) is 0 Å². The molecular weight excluding hydrogens is 588 g/mol. The summed E-state index contributed by atoms with van der Waals surface area (Å²) in [5.74, 6) is -1.02. The fourth-order valence-corrected chi connectivity index (χ4v) is 6.47. The van der Waals surface area contributed by atoms with E-state index >= 15 is 0 Å². The zero-order chi connectivity index (χ0) is 32.2. The van der Waals surface area contributed by atoms with E-state index < -0.39 is 41.6 Å². The SMILES string of the molecule is CC(=O)OCC1OC(n2cc(COCCCCCCc3ccc4ccc5cccc6ccc3c4c56)c(=O)[nH]c2=O)C[C@@H]1OC(C)=O. The number of hydrogen-bond donors (Lipinski definition) is 1. The van der Waals surface area contributed by atoms with Gasteiger partial charge in [-0.2, -0.15) is 0 Å². The number of aromatic amines is 1. The molecule has 0 saturated carbocycles. The molecule has 0 radical (unpaired) electrons. The van der Waals surface area contributed by atoms with Crippen LogP contribution >= 0.6 is 0 Å². The summed E-state index contributed by atoms with van der Waals surface area (Å²) in [4.78, 5) is 50.3. The van der Waals surface area contributed by atoms with Crippen molar-refractivity contribution >= 4 is 44.3 Å². The van der Waals surface area contributed by atoms with E-state index in [1.54, 1.807) is 0 Å². The van der Waals surface area contributed by atoms with Gasteiger partial charge < -0.3 is 18.9 Å². The lowest BCUT2D eigenvalue weighted by atomic mass is 9.90. The maximum absolute atomic E-state index is 12.6. The maximum atomic E-state index is 12.6. The highest BCUT2D eigenvalue weighted by molar-refractivity contribution is 6.23. The van der Waals surface area contributed by atoms with Crippen LogP contribution in [0.25, 0.3) is 32.3 Å². The second-order valence-corrected chi connectivity index (χ2v) is 11.9. The summed E-state index contributed by atoms with van der Waals surface area (Å²) in [6, 6.07) is 19.9. The van der Waals surface area contributed by atoms with Gasteiger partial charge in [0.15, 0.2) is 0 Å². The summed E-state index contributed by atoms with van der Waals surface area (Å²) in [5.41, 5.74) is 0.475. The molecule has 10 nitrogen and oxygen atoms in total. The number of carbonyl (C=O) groups excluding carboxylic acids is 2. The molecule has 240 valence electrons. The van der Waals surface area contributed by atoms with Gasteiger partial charge >= 0.3 is 17.6 Å². The smallest absolute Gasteiger partial charge is 0.330 e. The Kier molecular flexibility index (Phi) is 9.46. The molecule has 0 amide bonds. The third-order valence-corrected chi connectivity index (χ3v) is 8.66. The molecule has 1 saturated heterocycles. The van der Waals surface area contributed by atoms with Crippen LogP contribution in [-0.2, 0) is 41.6 Å². The highest BCUT2D eigenvalue weighted by atomic mass is 16.6. The van der Waals surface area contributed by atoms with Crippen molar-refractivity contribution in [2.75, 3.05) is 13.2 Å². The lowest BCUT2D eigenvalue weighted by Crippen LogP contribution is -2.34. The normalized spacial score (nSPS) is 18.1. The van der Waals surface area contributed by atoms with Gasteiger partial charge in [0.25, 0.3) is 5.56 Å². The maximum Gasteiger partial charge on any atom is 0.330 e. The number of carbonyl (C=O) groups is 2. The number of H-pyrrole nitrogens is 1. The number of aryl methyl sites for hydroxylation is 1. The van der Waals surface area contributed by atoms with Crippen LogP contribution in [0.15, 0.2) is 70.4 Å². The van der Waals surface area contributed by atoms with Crippen LogP contribution in [0.5, 0.6) is 0 Å².